The van der Waals surface area contributed by atoms with E-state index in [1.54, 1.807) is 50.2 Å². The minimum Gasteiger partial charge on any atom is -0.402 e. The minimum atomic E-state index is -4.29. The van der Waals surface area contributed by atoms with Crippen molar-refractivity contribution in [1.29, 1.82) is 5.26 Å². The molecular formula is C31H41ClN5O8P. The molecule has 46 heavy (non-hydrogen) atoms. The van der Waals surface area contributed by atoms with E-state index in [4.69, 9.17) is 49.9 Å². The number of para-hydroxylation sites is 1. The first-order valence-electron chi connectivity index (χ1n) is 15.6. The van der Waals surface area contributed by atoms with E-state index in [-0.39, 0.29) is 36.4 Å². The van der Waals surface area contributed by atoms with Crippen LogP contribution in [-0.2, 0) is 38.2 Å². The molecule has 3 aromatic rings. The van der Waals surface area contributed by atoms with E-state index in [0.29, 0.717) is 17.8 Å². The molecule has 0 amide bonds. The first-order chi connectivity index (χ1) is 22.1. The van der Waals surface area contributed by atoms with Crippen molar-refractivity contribution in [3.05, 3.63) is 53.4 Å². The normalized spacial score (nSPS) is 24.9. The first kappa shape index (κ1) is 34.5. The first-order valence-corrected chi connectivity index (χ1v) is 17.4. The molecule has 15 heteroatoms. The van der Waals surface area contributed by atoms with Crippen LogP contribution >= 0.6 is 19.4 Å². The van der Waals surface area contributed by atoms with E-state index >= 15 is 0 Å². The molecule has 250 valence electrons. The van der Waals surface area contributed by atoms with Crippen molar-refractivity contribution >= 4 is 30.8 Å². The largest absolute Gasteiger partial charge is 0.530 e. The Hall–Kier alpha value is -2.79. The molecule has 0 bridgehead atoms. The van der Waals surface area contributed by atoms with Crippen LogP contribution in [0.4, 0.5) is 5.82 Å². The summed E-state index contributed by atoms with van der Waals surface area (Å²) in [7, 11) is -4.29. The van der Waals surface area contributed by atoms with Gasteiger partial charge in [0.1, 0.15) is 42.0 Å². The number of nitrogen functional groups attached to an aromatic ring is 1. The molecule has 1 unspecified atom stereocenters. The molecule has 13 nitrogen and oxygen atoms in total. The van der Waals surface area contributed by atoms with Crippen molar-refractivity contribution < 1.29 is 37.1 Å². The van der Waals surface area contributed by atoms with Crippen molar-refractivity contribution in [3.8, 4) is 11.8 Å². The second kappa shape index (κ2) is 15.0. The topological polar surface area (TPSA) is 162 Å². The zero-order chi connectivity index (χ0) is 32.8. The van der Waals surface area contributed by atoms with E-state index in [0.717, 1.165) is 12.8 Å². The zero-order valence-electron chi connectivity index (χ0n) is 26.3. The number of halogens is 1. The van der Waals surface area contributed by atoms with Crippen LogP contribution in [0.5, 0.6) is 5.75 Å². The van der Waals surface area contributed by atoms with Crippen LogP contribution in [0.15, 0.2) is 42.7 Å². The fourth-order valence-corrected chi connectivity index (χ4v) is 7.09. The second-order valence-corrected chi connectivity index (χ2v) is 13.7. The van der Waals surface area contributed by atoms with Gasteiger partial charge in [-0.25, -0.2) is 14.1 Å². The molecule has 4 heterocycles. The number of nitrogens with two attached hydrogens (primary N) is 1. The van der Waals surface area contributed by atoms with Crippen molar-refractivity contribution in [2.24, 2.45) is 0 Å². The summed E-state index contributed by atoms with van der Waals surface area (Å²) >= 11 is 6.30. The van der Waals surface area contributed by atoms with Gasteiger partial charge < -0.3 is 29.2 Å². The average molecular weight is 678 g/mol. The molecule has 2 aromatic heterocycles. The number of benzene rings is 1. The van der Waals surface area contributed by atoms with Gasteiger partial charge in [0.15, 0.2) is 11.6 Å². The van der Waals surface area contributed by atoms with Crippen LogP contribution in [0.25, 0.3) is 5.52 Å². The molecule has 2 aliphatic rings. The molecule has 0 spiro atoms. The number of nitrogens with zero attached hydrogens (tertiary/aromatic N) is 4. The van der Waals surface area contributed by atoms with Crippen LogP contribution in [-0.4, -0.2) is 65.1 Å². The van der Waals surface area contributed by atoms with Crippen LogP contribution < -0.4 is 10.3 Å². The number of rotatable bonds is 17. The molecule has 2 N–H and O–H groups in total. The van der Waals surface area contributed by atoms with Gasteiger partial charge in [0, 0.05) is 6.61 Å². The highest BCUT2D eigenvalue weighted by atomic mass is 35.5. The number of unbranched alkanes of at least 4 members (excludes halogenated alkanes) is 5. The summed E-state index contributed by atoms with van der Waals surface area (Å²) in [5.41, 5.74) is 5.23. The van der Waals surface area contributed by atoms with E-state index in [9.17, 15) is 9.83 Å². The Kier molecular flexibility index (Phi) is 11.2. The Labute approximate surface area is 273 Å². The summed E-state index contributed by atoms with van der Waals surface area (Å²) in [6.07, 6.45) is 5.56. The van der Waals surface area contributed by atoms with Crippen molar-refractivity contribution in [2.75, 3.05) is 32.2 Å². The van der Waals surface area contributed by atoms with Gasteiger partial charge in [-0.2, -0.15) is 10.4 Å². The number of anilines is 1. The van der Waals surface area contributed by atoms with Gasteiger partial charge in [-0.3, -0.25) is 9.05 Å². The maximum Gasteiger partial charge on any atom is 0.530 e. The Morgan fingerprint density at radius 3 is 2.61 bits per heavy atom. The Morgan fingerprint density at radius 1 is 1.04 bits per heavy atom. The van der Waals surface area contributed by atoms with Crippen molar-refractivity contribution in [3.63, 3.8) is 0 Å². The third-order valence-corrected chi connectivity index (χ3v) is 9.52. The number of hydrogen-bond donors (Lipinski definition) is 1. The lowest BCUT2D eigenvalue weighted by Gasteiger charge is -2.29. The van der Waals surface area contributed by atoms with Gasteiger partial charge >= 0.3 is 7.82 Å². The Morgan fingerprint density at radius 2 is 1.83 bits per heavy atom. The van der Waals surface area contributed by atoms with Gasteiger partial charge in [-0.1, -0.05) is 62.8 Å². The van der Waals surface area contributed by atoms with Gasteiger partial charge in [0.2, 0.25) is 5.60 Å². The monoisotopic (exact) mass is 677 g/mol. The lowest BCUT2D eigenvalue weighted by Crippen LogP contribution is -2.40. The number of phosphoric ester groups is 1. The third kappa shape index (κ3) is 7.67. The standard InChI is InChI=1S/C31H41ClN5O8P/c1-4-5-6-7-8-11-16-39-17-18-40-46(38,45-24-13-10-9-12-22(24)32)41-19-25-27-28(44-30(2,3)43-27)31(20-33,42-25)26-15-14-23-29(34)35-21-36-37(23)26/h9-10,12-15,21,25,27-28H,4-8,11,16-19H2,1-3H3,(H2,34,35,36)/t25-,27-,28-,31+,46?/m1/s1. The maximum absolute atomic E-state index is 14.0. The summed E-state index contributed by atoms with van der Waals surface area (Å²) in [5.74, 6) is -0.698. The number of phosphoric acid groups is 1. The predicted octanol–water partition coefficient (Wildman–Crippen LogP) is 6.20. The van der Waals surface area contributed by atoms with E-state index in [1.807, 2.05) is 0 Å². The highest BCUT2D eigenvalue weighted by Gasteiger charge is 2.65. The van der Waals surface area contributed by atoms with E-state index in [1.165, 1.54) is 36.5 Å². The van der Waals surface area contributed by atoms with Crippen molar-refractivity contribution in [2.45, 2.75) is 89.0 Å². The molecule has 5 rings (SSSR count). The summed E-state index contributed by atoms with van der Waals surface area (Å²) in [6.45, 7) is 6.04. The fraction of sp³-hybridized carbons (Fsp3) is 0.581. The Balaban J connectivity index is 1.30. The minimum absolute atomic E-state index is 0.0544. The average Bonchev–Trinajstić information content (AvgIpc) is 3.69. The maximum atomic E-state index is 14.0. The SMILES string of the molecule is CCCCCCCCOCCOP(=O)(OC[C@H]1O[C@@](C#N)(c2ccc3c(N)ncnn23)[C@@H]2OC(C)(C)O[C@@H]21)Oc1ccccc1Cl. The van der Waals surface area contributed by atoms with E-state index < -0.39 is 37.5 Å². The molecule has 5 atom stereocenters. The predicted molar refractivity (Wildman–Crippen MR) is 169 cm³/mol. The summed E-state index contributed by atoms with van der Waals surface area (Å²) in [6, 6.07) is 12.2. The zero-order valence-corrected chi connectivity index (χ0v) is 28.0. The number of ether oxygens (including phenoxy) is 4. The third-order valence-electron chi connectivity index (χ3n) is 7.82. The van der Waals surface area contributed by atoms with Crippen molar-refractivity contribution in [1.82, 2.24) is 14.6 Å². The van der Waals surface area contributed by atoms with Gasteiger partial charge in [-0.05, 0) is 44.5 Å². The highest BCUT2D eigenvalue weighted by molar-refractivity contribution is 7.48. The fourth-order valence-electron chi connectivity index (χ4n) is 5.65. The van der Waals surface area contributed by atoms with Gasteiger partial charge in [-0.15, -0.1) is 0 Å². The molecule has 1 aromatic carbocycles. The summed E-state index contributed by atoms with van der Waals surface area (Å²) in [5, 5.41) is 15.1. The number of fused-ring (bicyclic) bond motifs is 2. The molecule has 2 saturated heterocycles. The molecule has 0 saturated carbocycles. The lowest BCUT2D eigenvalue weighted by atomic mass is 9.92. The quantitative estimate of drug-likeness (QED) is 0.127. The second-order valence-electron chi connectivity index (χ2n) is 11.7. The summed E-state index contributed by atoms with van der Waals surface area (Å²) < 4.78 is 57.3. The molecule has 2 aliphatic heterocycles. The molecular weight excluding hydrogens is 637 g/mol. The number of nitriles is 1. The van der Waals surface area contributed by atoms with Crippen LogP contribution in [0, 0.1) is 11.3 Å². The molecule has 2 fully saturated rings. The van der Waals surface area contributed by atoms with E-state index in [2.05, 4.69) is 23.1 Å². The molecule has 0 aliphatic carbocycles. The molecule has 0 radical (unpaired) electrons. The summed E-state index contributed by atoms with van der Waals surface area (Å²) in [4.78, 5) is 4.03. The Bertz CT molecular complexity index is 1570. The number of aromatic nitrogens is 3. The highest BCUT2D eigenvalue weighted by Crippen LogP contribution is 2.54. The van der Waals surface area contributed by atoms with Crippen LogP contribution in [0.1, 0.15) is 65.0 Å². The van der Waals surface area contributed by atoms with Crippen LogP contribution in [0.2, 0.25) is 5.02 Å². The van der Waals surface area contributed by atoms with Crippen LogP contribution in [0.3, 0.4) is 0 Å². The van der Waals surface area contributed by atoms with Gasteiger partial charge in [0.25, 0.3) is 0 Å². The smallest absolute Gasteiger partial charge is 0.402 e. The number of hydrogen-bond acceptors (Lipinski definition) is 12. The van der Waals surface area contributed by atoms with Gasteiger partial charge in [0.05, 0.1) is 30.5 Å². The lowest BCUT2D eigenvalue weighted by molar-refractivity contribution is -0.204.